The van der Waals surface area contributed by atoms with Crippen LogP contribution in [-0.2, 0) is 19.3 Å². The van der Waals surface area contributed by atoms with Gasteiger partial charge in [0.2, 0.25) is 0 Å². The SMILES string of the molecule is CCN(C)C(=O)c1ccc(CCCCC2=CC/C=C\N=C(C3CCCc4cc(OC)c(OC)cc4CCC3)N2)cc1. The van der Waals surface area contributed by atoms with Gasteiger partial charge in [-0.1, -0.05) is 24.3 Å². The van der Waals surface area contributed by atoms with Gasteiger partial charge in [0.25, 0.3) is 5.91 Å². The van der Waals surface area contributed by atoms with Crippen molar-refractivity contribution in [3.8, 4) is 11.5 Å². The molecule has 41 heavy (non-hydrogen) atoms. The Morgan fingerprint density at radius 1 is 0.976 bits per heavy atom. The topological polar surface area (TPSA) is 63.2 Å². The molecule has 0 saturated heterocycles. The molecule has 1 N–H and O–H groups in total. The Bertz CT molecular complexity index is 1210. The van der Waals surface area contributed by atoms with Crippen LogP contribution >= 0.6 is 0 Å². The number of unbranched alkanes of at least 4 members (excludes halogenated alkanes) is 1. The van der Waals surface area contributed by atoms with Crippen molar-refractivity contribution in [2.45, 2.75) is 77.6 Å². The molecule has 220 valence electrons. The third-order valence-corrected chi connectivity index (χ3v) is 8.38. The molecule has 2 aromatic carbocycles. The van der Waals surface area contributed by atoms with Crippen molar-refractivity contribution in [2.75, 3.05) is 27.8 Å². The molecule has 4 rings (SSSR count). The van der Waals surface area contributed by atoms with Gasteiger partial charge < -0.3 is 19.7 Å². The molecule has 1 amide bonds. The van der Waals surface area contributed by atoms with Gasteiger partial charge in [0, 0.05) is 37.0 Å². The van der Waals surface area contributed by atoms with Crippen LogP contribution in [0.4, 0.5) is 0 Å². The molecule has 0 saturated carbocycles. The second kappa shape index (κ2) is 15.5. The van der Waals surface area contributed by atoms with Crippen molar-refractivity contribution in [2.24, 2.45) is 10.9 Å². The van der Waals surface area contributed by atoms with Gasteiger partial charge >= 0.3 is 0 Å². The smallest absolute Gasteiger partial charge is 0.253 e. The molecule has 1 aliphatic heterocycles. The van der Waals surface area contributed by atoms with Crippen LogP contribution in [0.15, 0.2) is 65.4 Å². The molecule has 0 radical (unpaired) electrons. The number of hydrogen-bond donors (Lipinski definition) is 1. The molecular weight excluding hydrogens is 510 g/mol. The number of fused-ring (bicyclic) bond motifs is 1. The van der Waals surface area contributed by atoms with Crippen LogP contribution in [0.5, 0.6) is 11.5 Å². The first-order valence-corrected chi connectivity index (χ1v) is 15.3. The summed E-state index contributed by atoms with van der Waals surface area (Å²) in [4.78, 5) is 19.0. The van der Waals surface area contributed by atoms with Crippen molar-refractivity contribution in [1.29, 1.82) is 0 Å². The molecule has 0 aromatic heterocycles. The van der Waals surface area contributed by atoms with Gasteiger partial charge in [-0.3, -0.25) is 4.79 Å². The standard InChI is InChI=1S/C35H47N3O3/c1-5-38(2)35(39)28-21-19-26(20-22-28)12-6-7-17-31-18-8-9-23-36-34(37-31)27-13-10-15-29-24-32(40-3)33(41-4)25-30(29)16-11-14-27/h9,18-25,27H,5-8,10-17H2,1-4H3,(H,36,37)/b23-9-,31-18?. The number of aliphatic imine (C=N–C) groups is 1. The van der Waals surface area contributed by atoms with Crippen LogP contribution in [0.1, 0.15) is 85.3 Å². The number of benzene rings is 2. The van der Waals surface area contributed by atoms with E-state index in [-0.39, 0.29) is 5.91 Å². The molecule has 0 spiro atoms. The average Bonchev–Trinajstić information content (AvgIpc) is 3.09. The number of methoxy groups -OCH3 is 2. The largest absolute Gasteiger partial charge is 0.493 e. The van der Waals surface area contributed by atoms with Crippen molar-refractivity contribution >= 4 is 11.7 Å². The first-order valence-electron chi connectivity index (χ1n) is 15.3. The molecule has 6 nitrogen and oxygen atoms in total. The maximum atomic E-state index is 12.4. The minimum Gasteiger partial charge on any atom is -0.493 e. The number of amidine groups is 1. The fourth-order valence-electron chi connectivity index (χ4n) is 5.77. The van der Waals surface area contributed by atoms with Crippen LogP contribution in [0.3, 0.4) is 0 Å². The summed E-state index contributed by atoms with van der Waals surface area (Å²) < 4.78 is 11.1. The van der Waals surface area contributed by atoms with Crippen molar-refractivity contribution in [1.82, 2.24) is 10.2 Å². The predicted molar refractivity (Wildman–Crippen MR) is 168 cm³/mol. The number of nitrogens with zero attached hydrogens (tertiary/aromatic N) is 2. The van der Waals surface area contributed by atoms with Gasteiger partial charge in [0.1, 0.15) is 5.84 Å². The molecule has 6 heteroatoms. The second-order valence-corrected chi connectivity index (χ2v) is 11.2. The van der Waals surface area contributed by atoms with Gasteiger partial charge in [0.05, 0.1) is 14.2 Å². The molecule has 1 heterocycles. The minimum atomic E-state index is 0.0813. The number of allylic oxidation sites excluding steroid dienone is 3. The van der Waals surface area contributed by atoms with Crippen molar-refractivity contribution < 1.29 is 14.3 Å². The number of ether oxygens (including phenoxy) is 2. The summed E-state index contributed by atoms with van der Waals surface area (Å²) in [6.07, 6.45) is 18.2. The molecule has 1 aliphatic carbocycles. The summed E-state index contributed by atoms with van der Waals surface area (Å²) in [6, 6.07) is 12.5. The van der Waals surface area contributed by atoms with E-state index in [1.54, 1.807) is 19.1 Å². The van der Waals surface area contributed by atoms with E-state index in [4.69, 9.17) is 14.5 Å². The number of nitrogens with one attached hydrogen (secondary N) is 1. The van der Waals surface area contributed by atoms with E-state index >= 15 is 0 Å². The normalized spacial score (nSPS) is 16.8. The van der Waals surface area contributed by atoms with E-state index in [0.29, 0.717) is 12.5 Å². The second-order valence-electron chi connectivity index (χ2n) is 11.2. The van der Waals surface area contributed by atoms with Gasteiger partial charge in [-0.15, -0.1) is 0 Å². The van der Waals surface area contributed by atoms with E-state index in [1.807, 2.05) is 32.3 Å². The van der Waals surface area contributed by atoms with E-state index in [9.17, 15) is 4.79 Å². The first-order chi connectivity index (χ1) is 20.0. The molecule has 2 aromatic rings. The van der Waals surface area contributed by atoms with Crippen LogP contribution in [0, 0.1) is 5.92 Å². The van der Waals surface area contributed by atoms with E-state index < -0.39 is 0 Å². The quantitative estimate of drug-likeness (QED) is 0.312. The van der Waals surface area contributed by atoms with Gasteiger partial charge in [-0.25, -0.2) is 4.99 Å². The zero-order chi connectivity index (χ0) is 29.0. The Morgan fingerprint density at radius 3 is 2.22 bits per heavy atom. The number of carbonyl (C=O) groups is 1. The van der Waals surface area contributed by atoms with Gasteiger partial charge in [-0.2, -0.15) is 0 Å². The number of amides is 1. The fourth-order valence-corrected chi connectivity index (χ4v) is 5.77. The average molecular weight is 558 g/mol. The van der Waals surface area contributed by atoms with E-state index in [2.05, 4.69) is 41.7 Å². The van der Waals surface area contributed by atoms with Crippen LogP contribution in [-0.4, -0.2) is 44.5 Å². The Hall–Kier alpha value is -3.54. The fraction of sp³-hybridized carbons (Fsp3) is 0.486. The Morgan fingerprint density at radius 2 is 1.61 bits per heavy atom. The highest BCUT2D eigenvalue weighted by molar-refractivity contribution is 5.94. The predicted octanol–water partition coefficient (Wildman–Crippen LogP) is 7.27. The van der Waals surface area contributed by atoms with Gasteiger partial charge in [-0.05, 0) is 119 Å². The molecule has 0 atom stereocenters. The lowest BCUT2D eigenvalue weighted by Crippen LogP contribution is -2.31. The van der Waals surface area contributed by atoms with Crippen molar-refractivity contribution in [3.05, 3.63) is 82.7 Å². The highest BCUT2D eigenvalue weighted by Crippen LogP contribution is 2.34. The molecule has 0 bridgehead atoms. The highest BCUT2D eigenvalue weighted by Gasteiger charge is 2.21. The molecule has 2 aliphatic rings. The summed E-state index contributed by atoms with van der Waals surface area (Å²) in [5.41, 5.74) is 6.09. The van der Waals surface area contributed by atoms with Crippen molar-refractivity contribution in [3.63, 3.8) is 0 Å². The number of hydrogen-bond acceptors (Lipinski definition) is 5. The first kappa shape index (κ1) is 30.4. The third kappa shape index (κ3) is 8.48. The Balaban J connectivity index is 1.30. The summed E-state index contributed by atoms with van der Waals surface area (Å²) in [5.74, 6) is 3.26. The molecule has 0 fully saturated rings. The lowest BCUT2D eigenvalue weighted by atomic mass is 9.94. The lowest BCUT2D eigenvalue weighted by Gasteiger charge is -2.22. The van der Waals surface area contributed by atoms with Crippen LogP contribution in [0.25, 0.3) is 0 Å². The lowest BCUT2D eigenvalue weighted by molar-refractivity contribution is 0.0802. The van der Waals surface area contributed by atoms with Crippen LogP contribution in [0.2, 0.25) is 0 Å². The zero-order valence-electron chi connectivity index (χ0n) is 25.4. The molecular formula is C35H47N3O3. The Labute approximate surface area is 246 Å². The number of aryl methyl sites for hydroxylation is 3. The number of carbonyl (C=O) groups excluding carboxylic acids is 1. The monoisotopic (exact) mass is 557 g/mol. The summed E-state index contributed by atoms with van der Waals surface area (Å²) >= 11 is 0. The minimum absolute atomic E-state index is 0.0813. The van der Waals surface area contributed by atoms with E-state index in [1.165, 1.54) is 22.4 Å². The summed E-state index contributed by atoms with van der Waals surface area (Å²) in [7, 11) is 5.26. The third-order valence-electron chi connectivity index (χ3n) is 8.38. The highest BCUT2D eigenvalue weighted by atomic mass is 16.5. The number of rotatable bonds is 10. The van der Waals surface area contributed by atoms with E-state index in [0.717, 1.165) is 93.5 Å². The zero-order valence-corrected chi connectivity index (χ0v) is 25.4. The maximum Gasteiger partial charge on any atom is 0.253 e. The summed E-state index contributed by atoms with van der Waals surface area (Å²) in [6.45, 7) is 2.71. The summed E-state index contributed by atoms with van der Waals surface area (Å²) in [5, 5.41) is 3.76. The van der Waals surface area contributed by atoms with Gasteiger partial charge in [0.15, 0.2) is 11.5 Å². The van der Waals surface area contributed by atoms with Crippen LogP contribution < -0.4 is 14.8 Å². The maximum absolute atomic E-state index is 12.4. The Kier molecular flexibility index (Phi) is 11.5. The molecule has 0 unspecified atom stereocenters.